The van der Waals surface area contributed by atoms with Crippen LogP contribution in [-0.2, 0) is 11.3 Å². The van der Waals surface area contributed by atoms with Gasteiger partial charge in [-0.25, -0.2) is 9.78 Å². The van der Waals surface area contributed by atoms with Gasteiger partial charge in [0.15, 0.2) is 0 Å². The normalized spacial score (nSPS) is 22.7. The first-order valence-electron chi connectivity index (χ1n) is 5.85. The molecular weight excluding hydrogens is 258 g/mol. The van der Waals surface area contributed by atoms with Gasteiger partial charge in [0.2, 0.25) is 0 Å². The third-order valence-electron chi connectivity index (χ3n) is 3.08. The molecule has 18 heavy (non-hydrogen) atoms. The van der Waals surface area contributed by atoms with Crippen LogP contribution in [0.15, 0.2) is 10.9 Å². The van der Waals surface area contributed by atoms with Gasteiger partial charge in [0.05, 0.1) is 13.1 Å². The number of aromatic nitrogens is 2. The lowest BCUT2D eigenvalue weighted by atomic mass is 10.3. The molecule has 1 saturated carbocycles. The van der Waals surface area contributed by atoms with Gasteiger partial charge in [0.25, 0.3) is 5.56 Å². The number of rotatable bonds is 3. The predicted molar refractivity (Wildman–Crippen MR) is 63.8 cm³/mol. The smallest absolute Gasteiger partial charge is 0.407 e. The molecular formula is C11H12ClN3O3. The summed E-state index contributed by atoms with van der Waals surface area (Å²) in [6.07, 6.45) is 1.28. The van der Waals surface area contributed by atoms with E-state index in [-0.39, 0.29) is 16.8 Å². The Bertz CT molecular complexity index is 553. The summed E-state index contributed by atoms with van der Waals surface area (Å²) in [5, 5.41) is 2.78. The quantitative estimate of drug-likeness (QED) is 0.827. The number of alkyl carbamates (subject to hydrolysis) is 1. The van der Waals surface area contributed by atoms with E-state index in [1.54, 1.807) is 4.57 Å². The van der Waals surface area contributed by atoms with Crippen LogP contribution < -0.4 is 10.9 Å². The van der Waals surface area contributed by atoms with Gasteiger partial charge < -0.3 is 10.1 Å². The molecule has 2 aliphatic rings. The number of carbonyl (C=O) groups is 1. The van der Waals surface area contributed by atoms with Gasteiger partial charge in [0, 0.05) is 12.0 Å². The Balaban J connectivity index is 1.90. The Morgan fingerprint density at radius 2 is 2.28 bits per heavy atom. The largest absolute Gasteiger partial charge is 0.442 e. The molecule has 2 heterocycles. The molecule has 96 valence electrons. The molecule has 1 aliphatic carbocycles. The molecule has 7 heteroatoms. The lowest BCUT2D eigenvalue weighted by Crippen LogP contribution is -2.31. The van der Waals surface area contributed by atoms with Crippen LogP contribution in [0.1, 0.15) is 24.6 Å². The fourth-order valence-electron chi connectivity index (χ4n) is 2.07. The van der Waals surface area contributed by atoms with E-state index in [1.807, 2.05) is 0 Å². The summed E-state index contributed by atoms with van der Waals surface area (Å²) in [5.41, 5.74) is -0.195. The van der Waals surface area contributed by atoms with Crippen molar-refractivity contribution in [1.82, 2.24) is 14.9 Å². The maximum Gasteiger partial charge on any atom is 0.407 e. The number of cyclic esters (lactones) is 1. The maximum atomic E-state index is 11.9. The summed E-state index contributed by atoms with van der Waals surface area (Å²) in [5.74, 6) is 1.01. The molecule has 2 fully saturated rings. The highest BCUT2D eigenvalue weighted by atomic mass is 35.5. The summed E-state index contributed by atoms with van der Waals surface area (Å²) >= 11 is 5.81. The van der Waals surface area contributed by atoms with Crippen molar-refractivity contribution in [2.24, 2.45) is 0 Å². The third kappa shape index (κ3) is 2.20. The molecule has 0 aromatic carbocycles. The van der Waals surface area contributed by atoms with E-state index in [9.17, 15) is 9.59 Å². The van der Waals surface area contributed by atoms with E-state index >= 15 is 0 Å². The molecule has 0 bridgehead atoms. The zero-order valence-corrected chi connectivity index (χ0v) is 10.3. The van der Waals surface area contributed by atoms with Crippen LogP contribution in [0.3, 0.4) is 0 Å². The number of nitrogens with one attached hydrogen (secondary N) is 1. The van der Waals surface area contributed by atoms with Gasteiger partial charge in [-0.15, -0.1) is 0 Å². The number of hydrogen-bond donors (Lipinski definition) is 1. The van der Waals surface area contributed by atoms with Crippen LogP contribution in [0.2, 0.25) is 5.15 Å². The van der Waals surface area contributed by atoms with Gasteiger partial charge >= 0.3 is 6.09 Å². The first kappa shape index (κ1) is 11.5. The van der Waals surface area contributed by atoms with Crippen molar-refractivity contribution >= 4 is 17.7 Å². The molecule has 1 amide bonds. The minimum atomic E-state index is -0.442. The third-order valence-corrected chi connectivity index (χ3v) is 3.28. The fourth-order valence-corrected chi connectivity index (χ4v) is 2.25. The lowest BCUT2D eigenvalue weighted by molar-refractivity contribution is 0.129. The highest BCUT2D eigenvalue weighted by molar-refractivity contribution is 6.29. The minimum absolute atomic E-state index is 0.195. The first-order valence-corrected chi connectivity index (χ1v) is 6.23. The molecule has 1 unspecified atom stereocenters. The summed E-state index contributed by atoms with van der Waals surface area (Å²) in [7, 11) is 0. The van der Waals surface area contributed by atoms with Crippen LogP contribution in [0.4, 0.5) is 4.79 Å². The molecule has 1 saturated heterocycles. The molecule has 0 radical (unpaired) electrons. The van der Waals surface area contributed by atoms with Crippen molar-refractivity contribution < 1.29 is 9.53 Å². The molecule has 0 spiro atoms. The molecule has 1 N–H and O–H groups in total. The van der Waals surface area contributed by atoms with Crippen LogP contribution in [-0.4, -0.2) is 28.3 Å². The van der Waals surface area contributed by atoms with E-state index in [2.05, 4.69) is 10.3 Å². The Morgan fingerprint density at radius 1 is 1.50 bits per heavy atom. The van der Waals surface area contributed by atoms with E-state index in [4.69, 9.17) is 16.3 Å². The van der Waals surface area contributed by atoms with Gasteiger partial charge in [-0.1, -0.05) is 11.6 Å². The maximum absolute atomic E-state index is 11.9. The van der Waals surface area contributed by atoms with Gasteiger partial charge in [0.1, 0.15) is 17.1 Å². The molecule has 3 rings (SSSR count). The second kappa shape index (κ2) is 4.28. The van der Waals surface area contributed by atoms with Crippen molar-refractivity contribution in [3.63, 3.8) is 0 Å². The van der Waals surface area contributed by atoms with E-state index in [0.29, 0.717) is 24.8 Å². The number of halogens is 1. The Morgan fingerprint density at radius 3 is 2.89 bits per heavy atom. The second-order valence-electron chi connectivity index (χ2n) is 4.57. The molecule has 1 aromatic heterocycles. The highest BCUT2D eigenvalue weighted by Gasteiger charge is 2.31. The number of hydrogen-bond acceptors (Lipinski definition) is 4. The topological polar surface area (TPSA) is 73.2 Å². The summed E-state index contributed by atoms with van der Waals surface area (Å²) < 4.78 is 6.60. The Labute approximate surface area is 108 Å². The fraction of sp³-hybridized carbons (Fsp3) is 0.545. The predicted octanol–water partition coefficient (Wildman–Crippen LogP) is 0.883. The average molecular weight is 270 g/mol. The Hall–Kier alpha value is -1.56. The molecule has 6 nitrogen and oxygen atoms in total. The molecule has 1 atom stereocenters. The van der Waals surface area contributed by atoms with E-state index in [0.717, 1.165) is 12.8 Å². The van der Waals surface area contributed by atoms with Crippen molar-refractivity contribution in [1.29, 1.82) is 0 Å². The summed E-state index contributed by atoms with van der Waals surface area (Å²) in [6, 6.07) is 1.29. The van der Waals surface area contributed by atoms with Crippen LogP contribution in [0, 0.1) is 0 Å². The Kier molecular flexibility index (Phi) is 2.74. The number of carbonyl (C=O) groups excluding carboxylic acids is 1. The summed E-state index contributed by atoms with van der Waals surface area (Å²) in [4.78, 5) is 27.1. The number of ether oxygens (including phenoxy) is 1. The molecule has 1 aliphatic heterocycles. The lowest BCUT2D eigenvalue weighted by Gasteiger charge is -2.14. The van der Waals surface area contributed by atoms with Gasteiger partial charge in [-0.05, 0) is 12.8 Å². The number of nitrogens with zero attached hydrogens (tertiary/aromatic N) is 2. The zero-order valence-electron chi connectivity index (χ0n) is 9.56. The van der Waals surface area contributed by atoms with Crippen LogP contribution in [0.5, 0.6) is 0 Å². The minimum Gasteiger partial charge on any atom is -0.442 e. The summed E-state index contributed by atoms with van der Waals surface area (Å²) in [6.45, 7) is 0.742. The van der Waals surface area contributed by atoms with Crippen molar-refractivity contribution in [3.8, 4) is 0 Å². The van der Waals surface area contributed by atoms with Crippen molar-refractivity contribution in [2.45, 2.75) is 31.4 Å². The van der Waals surface area contributed by atoms with Gasteiger partial charge in [-0.3, -0.25) is 9.36 Å². The molecule has 1 aromatic rings. The van der Waals surface area contributed by atoms with E-state index in [1.165, 1.54) is 6.07 Å². The van der Waals surface area contributed by atoms with Crippen LogP contribution >= 0.6 is 11.6 Å². The number of amides is 1. The second-order valence-corrected chi connectivity index (χ2v) is 4.96. The average Bonchev–Trinajstić information content (AvgIpc) is 3.06. The van der Waals surface area contributed by atoms with Crippen molar-refractivity contribution in [3.05, 3.63) is 27.4 Å². The first-order chi connectivity index (χ1) is 8.63. The van der Waals surface area contributed by atoms with Crippen LogP contribution in [0.25, 0.3) is 0 Å². The zero-order chi connectivity index (χ0) is 12.7. The van der Waals surface area contributed by atoms with E-state index < -0.39 is 6.09 Å². The highest BCUT2D eigenvalue weighted by Crippen LogP contribution is 2.38. The van der Waals surface area contributed by atoms with Crippen molar-refractivity contribution in [2.75, 3.05) is 6.54 Å². The SMILES string of the molecule is O=C1NCC(Cn2c(C3CC3)nc(Cl)cc2=O)O1. The standard InChI is InChI=1S/C11H12ClN3O3/c12-8-3-9(16)15(10(14-8)6-1-2-6)5-7-4-13-11(17)18-7/h3,6-7H,1-2,4-5H2,(H,13,17). The van der Waals surface area contributed by atoms with Gasteiger partial charge in [-0.2, -0.15) is 0 Å². The monoisotopic (exact) mass is 269 g/mol.